The van der Waals surface area contributed by atoms with Crippen molar-refractivity contribution in [3.63, 3.8) is 0 Å². The summed E-state index contributed by atoms with van der Waals surface area (Å²) >= 11 is 7.27. The summed E-state index contributed by atoms with van der Waals surface area (Å²) in [7, 11) is 0. The minimum Gasteiger partial charge on any atom is -0.478 e. The molecule has 0 unspecified atom stereocenters. The molecule has 3 aromatic rings. The minimum atomic E-state index is -1.42. The Labute approximate surface area is 197 Å². The van der Waals surface area contributed by atoms with Gasteiger partial charge in [-0.3, -0.25) is 9.59 Å². The molecule has 0 aromatic heterocycles. The number of thioether (sulfide) groups is 1. The van der Waals surface area contributed by atoms with Crippen LogP contribution >= 0.6 is 23.4 Å². The number of rotatable bonds is 8. The summed E-state index contributed by atoms with van der Waals surface area (Å²) in [6, 6.07) is 16.8. The van der Waals surface area contributed by atoms with Crippen molar-refractivity contribution in [3.05, 3.63) is 88.4 Å². The quantitative estimate of drug-likeness (QED) is 0.340. The second-order valence-electron chi connectivity index (χ2n) is 6.67. The maximum atomic E-state index is 12.6. The zero-order valence-corrected chi connectivity index (χ0v) is 18.4. The Balaban J connectivity index is 1.67. The van der Waals surface area contributed by atoms with Gasteiger partial charge in [0, 0.05) is 10.6 Å². The van der Waals surface area contributed by atoms with Gasteiger partial charge in [0.1, 0.15) is 0 Å². The lowest BCUT2D eigenvalue weighted by Gasteiger charge is -2.10. The van der Waals surface area contributed by atoms with Crippen molar-refractivity contribution < 1.29 is 29.4 Å². The van der Waals surface area contributed by atoms with Gasteiger partial charge < -0.3 is 20.8 Å². The van der Waals surface area contributed by atoms with Crippen LogP contribution in [-0.4, -0.2) is 39.7 Å². The fourth-order valence-corrected chi connectivity index (χ4v) is 3.75. The number of aromatic carboxylic acids is 2. The Bertz CT molecular complexity index is 1250. The van der Waals surface area contributed by atoms with Crippen molar-refractivity contribution in [1.82, 2.24) is 0 Å². The summed E-state index contributed by atoms with van der Waals surface area (Å²) < 4.78 is 0. The molecule has 8 nitrogen and oxygen atoms in total. The molecule has 0 saturated carbocycles. The first-order chi connectivity index (χ1) is 15.7. The monoisotopic (exact) mass is 484 g/mol. The highest BCUT2D eigenvalue weighted by Crippen LogP contribution is 2.24. The largest absolute Gasteiger partial charge is 0.478 e. The third kappa shape index (κ3) is 6.34. The number of carboxylic acid groups (broad SMARTS) is 2. The van der Waals surface area contributed by atoms with Gasteiger partial charge in [0.15, 0.2) is 0 Å². The predicted octanol–water partition coefficient (Wildman–Crippen LogP) is 4.72. The topological polar surface area (TPSA) is 133 Å². The number of benzene rings is 3. The van der Waals surface area contributed by atoms with Crippen molar-refractivity contribution >= 4 is 58.5 Å². The normalized spacial score (nSPS) is 10.3. The van der Waals surface area contributed by atoms with E-state index in [0.29, 0.717) is 21.3 Å². The Hall–Kier alpha value is -3.82. The fourth-order valence-electron chi connectivity index (χ4n) is 2.81. The smallest absolute Gasteiger partial charge is 0.336 e. The molecule has 0 radical (unpaired) electrons. The molecule has 0 heterocycles. The molecule has 0 saturated heterocycles. The van der Waals surface area contributed by atoms with E-state index >= 15 is 0 Å². The first kappa shape index (κ1) is 23.8. The van der Waals surface area contributed by atoms with E-state index in [1.807, 2.05) is 0 Å². The van der Waals surface area contributed by atoms with E-state index in [0.717, 1.165) is 18.2 Å². The van der Waals surface area contributed by atoms with Crippen molar-refractivity contribution in [2.75, 3.05) is 16.4 Å². The third-order valence-corrected chi connectivity index (χ3v) is 5.67. The van der Waals surface area contributed by atoms with Crippen LogP contribution in [0.4, 0.5) is 11.4 Å². The zero-order chi connectivity index (χ0) is 24.0. The minimum absolute atomic E-state index is 0.0996. The van der Waals surface area contributed by atoms with E-state index in [9.17, 15) is 24.3 Å². The lowest BCUT2D eigenvalue weighted by atomic mass is 10.0. The number of halogens is 1. The summed E-state index contributed by atoms with van der Waals surface area (Å²) in [5.41, 5.74) is 0.0559. The molecule has 0 atom stereocenters. The Morgan fingerprint density at radius 3 is 2.27 bits per heavy atom. The number of carboxylic acids is 2. The lowest BCUT2D eigenvalue weighted by Crippen LogP contribution is -2.17. The van der Waals surface area contributed by atoms with Crippen molar-refractivity contribution in [1.29, 1.82) is 0 Å². The molecule has 3 rings (SSSR count). The number of amides is 2. The summed E-state index contributed by atoms with van der Waals surface area (Å²) in [4.78, 5) is 48.1. The van der Waals surface area contributed by atoms with Gasteiger partial charge in [-0.2, -0.15) is 0 Å². The zero-order valence-electron chi connectivity index (χ0n) is 16.9. The number of para-hydroxylation sites is 1. The fraction of sp³-hybridized carbons (Fsp3) is 0.0435. The van der Waals surface area contributed by atoms with Gasteiger partial charge in [-0.25, -0.2) is 9.59 Å². The average molecular weight is 485 g/mol. The SMILES string of the molecule is O=C(CSc1cccc(NC(=O)c2ccc(C(=O)O)cc2C(=O)O)c1)Nc1ccccc1Cl. The van der Waals surface area contributed by atoms with Crippen LogP contribution in [0.25, 0.3) is 0 Å². The van der Waals surface area contributed by atoms with E-state index < -0.39 is 23.4 Å². The van der Waals surface area contributed by atoms with Crippen LogP contribution in [-0.2, 0) is 4.79 Å². The molecule has 4 N–H and O–H groups in total. The number of hydrogen-bond donors (Lipinski definition) is 4. The van der Waals surface area contributed by atoms with Gasteiger partial charge in [-0.15, -0.1) is 11.8 Å². The highest BCUT2D eigenvalue weighted by atomic mass is 35.5. The molecule has 3 aromatic carbocycles. The highest BCUT2D eigenvalue weighted by molar-refractivity contribution is 8.00. The summed E-state index contributed by atoms with van der Waals surface area (Å²) in [6.07, 6.45) is 0. The molecule has 0 fully saturated rings. The Morgan fingerprint density at radius 2 is 1.58 bits per heavy atom. The Kier molecular flexibility index (Phi) is 7.70. The molecular formula is C23H17ClN2O6S. The van der Waals surface area contributed by atoms with E-state index in [1.165, 1.54) is 11.8 Å². The van der Waals surface area contributed by atoms with Crippen LogP contribution in [0, 0.1) is 0 Å². The maximum Gasteiger partial charge on any atom is 0.336 e. The van der Waals surface area contributed by atoms with Crippen LogP contribution in [0.15, 0.2) is 71.6 Å². The van der Waals surface area contributed by atoms with Crippen molar-refractivity contribution in [2.45, 2.75) is 4.90 Å². The molecule has 0 aliphatic heterocycles. The van der Waals surface area contributed by atoms with Crippen LogP contribution < -0.4 is 10.6 Å². The molecule has 10 heteroatoms. The highest BCUT2D eigenvalue weighted by Gasteiger charge is 2.19. The van der Waals surface area contributed by atoms with E-state index in [2.05, 4.69) is 10.6 Å². The van der Waals surface area contributed by atoms with Crippen molar-refractivity contribution in [3.8, 4) is 0 Å². The number of carbonyl (C=O) groups is 4. The average Bonchev–Trinajstić information content (AvgIpc) is 2.79. The van der Waals surface area contributed by atoms with E-state index in [1.54, 1.807) is 48.5 Å². The number of nitrogens with one attached hydrogen (secondary N) is 2. The molecule has 168 valence electrons. The molecule has 0 aliphatic carbocycles. The Morgan fingerprint density at radius 1 is 0.818 bits per heavy atom. The van der Waals surface area contributed by atoms with Crippen LogP contribution in [0.2, 0.25) is 5.02 Å². The predicted molar refractivity (Wildman–Crippen MR) is 126 cm³/mol. The van der Waals surface area contributed by atoms with Gasteiger partial charge >= 0.3 is 11.9 Å². The first-order valence-corrected chi connectivity index (χ1v) is 10.8. The van der Waals surface area contributed by atoms with Crippen LogP contribution in [0.1, 0.15) is 31.1 Å². The van der Waals surface area contributed by atoms with Gasteiger partial charge in [0.2, 0.25) is 5.91 Å². The van der Waals surface area contributed by atoms with Crippen LogP contribution in [0.3, 0.4) is 0 Å². The summed E-state index contributed by atoms with van der Waals surface area (Å²) in [5, 5.41) is 24.1. The van der Waals surface area contributed by atoms with Crippen LogP contribution in [0.5, 0.6) is 0 Å². The number of anilines is 2. The standard InChI is InChI=1S/C23H17ClN2O6S/c24-18-6-1-2-7-19(18)26-20(27)12-33-15-5-3-4-14(11-15)25-21(28)16-9-8-13(22(29)30)10-17(16)23(31)32/h1-11H,12H2,(H,25,28)(H,26,27)(H,29,30)(H,31,32). The second kappa shape index (κ2) is 10.7. The summed E-state index contributed by atoms with van der Waals surface area (Å²) in [6.45, 7) is 0. The first-order valence-electron chi connectivity index (χ1n) is 9.44. The molecule has 0 spiro atoms. The molecule has 0 bridgehead atoms. The van der Waals surface area contributed by atoms with E-state index in [-0.39, 0.29) is 22.8 Å². The molecule has 33 heavy (non-hydrogen) atoms. The molecular weight excluding hydrogens is 468 g/mol. The lowest BCUT2D eigenvalue weighted by molar-refractivity contribution is -0.113. The van der Waals surface area contributed by atoms with Gasteiger partial charge in [-0.05, 0) is 48.5 Å². The van der Waals surface area contributed by atoms with E-state index in [4.69, 9.17) is 16.7 Å². The van der Waals surface area contributed by atoms with Gasteiger partial charge in [0.05, 0.1) is 33.2 Å². The number of carbonyl (C=O) groups excluding carboxylic acids is 2. The maximum absolute atomic E-state index is 12.6. The number of hydrogen-bond acceptors (Lipinski definition) is 5. The molecule has 2 amide bonds. The van der Waals surface area contributed by atoms with Gasteiger partial charge in [0.25, 0.3) is 5.91 Å². The third-order valence-electron chi connectivity index (χ3n) is 4.35. The molecule has 0 aliphatic rings. The second-order valence-corrected chi connectivity index (χ2v) is 8.13. The summed E-state index contributed by atoms with van der Waals surface area (Å²) in [5.74, 6) is -3.58. The van der Waals surface area contributed by atoms with Crippen molar-refractivity contribution in [2.24, 2.45) is 0 Å². The van der Waals surface area contributed by atoms with Gasteiger partial charge in [-0.1, -0.05) is 29.8 Å².